The van der Waals surface area contributed by atoms with Gasteiger partial charge in [0.15, 0.2) is 5.69 Å². The van der Waals surface area contributed by atoms with Crippen LogP contribution in [0.4, 0.5) is 5.95 Å². The number of carboxylic acid groups (broad SMARTS) is 1. The fourth-order valence-electron chi connectivity index (χ4n) is 1.61. The number of anilines is 1. The first-order chi connectivity index (χ1) is 9.65. The lowest BCUT2D eigenvalue weighted by Crippen LogP contribution is -2.15. The normalized spacial score (nSPS) is 10.1. The highest BCUT2D eigenvalue weighted by Crippen LogP contribution is 2.08. The number of aromatic nitrogens is 2. The largest absolute Gasteiger partial charge is 0.492 e. The predicted octanol–water partition coefficient (Wildman–Crippen LogP) is 1.97. The molecule has 1 aromatic heterocycles. The lowest BCUT2D eigenvalue weighted by atomic mass is 10.3. The van der Waals surface area contributed by atoms with Crippen LogP contribution < -0.4 is 10.1 Å². The smallest absolute Gasteiger partial charge is 0.354 e. The van der Waals surface area contributed by atoms with E-state index in [1.807, 2.05) is 30.3 Å². The van der Waals surface area contributed by atoms with E-state index in [4.69, 9.17) is 9.84 Å². The maximum atomic E-state index is 10.9. The second kappa shape index (κ2) is 6.51. The van der Waals surface area contributed by atoms with Crippen molar-refractivity contribution in [1.82, 2.24) is 9.97 Å². The second-order valence-electron chi connectivity index (χ2n) is 4.11. The van der Waals surface area contributed by atoms with Crippen molar-refractivity contribution in [2.75, 3.05) is 18.5 Å². The molecule has 104 valence electrons. The van der Waals surface area contributed by atoms with E-state index < -0.39 is 5.97 Å². The Balaban J connectivity index is 1.86. The Morgan fingerprint density at radius 2 is 2.05 bits per heavy atom. The summed E-state index contributed by atoms with van der Waals surface area (Å²) in [6, 6.07) is 10.9. The zero-order valence-electron chi connectivity index (χ0n) is 11.0. The predicted molar refractivity (Wildman–Crippen MR) is 74.2 cm³/mol. The summed E-state index contributed by atoms with van der Waals surface area (Å²) in [6.07, 6.45) is 0. The fraction of sp³-hybridized carbons (Fsp3) is 0.214. The molecule has 0 aliphatic carbocycles. The van der Waals surface area contributed by atoms with Crippen molar-refractivity contribution >= 4 is 11.9 Å². The summed E-state index contributed by atoms with van der Waals surface area (Å²) in [5.41, 5.74) is 0.577. The highest BCUT2D eigenvalue weighted by atomic mass is 16.5. The van der Waals surface area contributed by atoms with Gasteiger partial charge >= 0.3 is 5.97 Å². The van der Waals surface area contributed by atoms with Crippen LogP contribution in [-0.2, 0) is 0 Å². The first-order valence-electron chi connectivity index (χ1n) is 6.16. The van der Waals surface area contributed by atoms with Gasteiger partial charge in [-0.25, -0.2) is 14.8 Å². The molecule has 0 saturated heterocycles. The summed E-state index contributed by atoms with van der Waals surface area (Å²) in [5, 5.41) is 11.9. The average Bonchev–Trinajstić information content (AvgIpc) is 2.44. The van der Waals surface area contributed by atoms with E-state index in [-0.39, 0.29) is 5.69 Å². The Kier molecular flexibility index (Phi) is 4.49. The van der Waals surface area contributed by atoms with Gasteiger partial charge in [-0.2, -0.15) is 0 Å². The van der Waals surface area contributed by atoms with Crippen LogP contribution in [-0.4, -0.2) is 34.2 Å². The molecule has 20 heavy (non-hydrogen) atoms. The molecule has 2 N–H and O–H groups in total. The molecule has 2 rings (SSSR count). The van der Waals surface area contributed by atoms with Crippen LogP contribution in [0, 0.1) is 6.92 Å². The van der Waals surface area contributed by atoms with Gasteiger partial charge < -0.3 is 15.2 Å². The highest BCUT2D eigenvalue weighted by Gasteiger charge is 2.08. The van der Waals surface area contributed by atoms with Gasteiger partial charge in [0.2, 0.25) is 5.95 Å². The molecule has 0 radical (unpaired) electrons. The standard InChI is InChI=1S/C14H15N3O3/c1-10-9-12(13(18)19)17-14(16-10)15-7-8-20-11-5-3-2-4-6-11/h2-6,9H,7-8H2,1H3,(H,18,19)(H,15,16,17). The summed E-state index contributed by atoms with van der Waals surface area (Å²) < 4.78 is 5.50. The van der Waals surface area contributed by atoms with E-state index in [0.717, 1.165) is 5.75 Å². The number of aromatic carboxylic acids is 1. The third-order valence-corrected chi connectivity index (χ3v) is 2.47. The van der Waals surface area contributed by atoms with Crippen molar-refractivity contribution in [2.45, 2.75) is 6.92 Å². The molecular formula is C14H15N3O3. The Hall–Kier alpha value is -2.63. The molecule has 0 unspecified atom stereocenters. The van der Waals surface area contributed by atoms with Gasteiger partial charge in [-0.05, 0) is 25.1 Å². The van der Waals surface area contributed by atoms with Gasteiger partial charge in [-0.1, -0.05) is 18.2 Å². The summed E-state index contributed by atoms with van der Waals surface area (Å²) in [6.45, 7) is 2.64. The van der Waals surface area contributed by atoms with E-state index >= 15 is 0 Å². The van der Waals surface area contributed by atoms with Crippen LogP contribution in [0.3, 0.4) is 0 Å². The number of hydrogen-bond acceptors (Lipinski definition) is 5. The maximum absolute atomic E-state index is 10.9. The minimum absolute atomic E-state index is 0.0241. The number of aryl methyl sites for hydroxylation is 1. The first-order valence-corrected chi connectivity index (χ1v) is 6.16. The van der Waals surface area contributed by atoms with Gasteiger partial charge in [-0.3, -0.25) is 0 Å². The summed E-state index contributed by atoms with van der Waals surface area (Å²) in [5.74, 6) is 0.00355. The molecule has 0 saturated carbocycles. The monoisotopic (exact) mass is 273 g/mol. The van der Waals surface area contributed by atoms with Crippen LogP contribution in [0.25, 0.3) is 0 Å². The third kappa shape index (κ3) is 3.94. The van der Waals surface area contributed by atoms with Gasteiger partial charge in [0, 0.05) is 5.69 Å². The first kappa shape index (κ1) is 13.8. The van der Waals surface area contributed by atoms with Crippen LogP contribution in [0.2, 0.25) is 0 Å². The van der Waals surface area contributed by atoms with Crippen molar-refractivity contribution < 1.29 is 14.6 Å². The Labute approximate surface area is 116 Å². The lowest BCUT2D eigenvalue weighted by Gasteiger charge is -2.08. The van der Waals surface area contributed by atoms with Gasteiger partial charge in [0.1, 0.15) is 12.4 Å². The molecule has 0 amide bonds. The zero-order chi connectivity index (χ0) is 14.4. The third-order valence-electron chi connectivity index (χ3n) is 2.47. The summed E-state index contributed by atoms with van der Waals surface area (Å²) in [7, 11) is 0. The Morgan fingerprint density at radius 3 is 2.75 bits per heavy atom. The van der Waals surface area contributed by atoms with Crippen LogP contribution >= 0.6 is 0 Å². The van der Waals surface area contributed by atoms with E-state index in [9.17, 15) is 4.79 Å². The van der Waals surface area contributed by atoms with Crippen LogP contribution in [0.15, 0.2) is 36.4 Å². The van der Waals surface area contributed by atoms with Crippen LogP contribution in [0.1, 0.15) is 16.2 Å². The number of carboxylic acids is 1. The fourth-order valence-corrected chi connectivity index (χ4v) is 1.61. The maximum Gasteiger partial charge on any atom is 0.354 e. The van der Waals surface area contributed by atoms with Crippen LogP contribution in [0.5, 0.6) is 5.75 Å². The molecule has 1 heterocycles. The topological polar surface area (TPSA) is 84.3 Å². The van der Waals surface area contributed by atoms with Crippen molar-refractivity contribution in [3.63, 3.8) is 0 Å². The molecule has 0 atom stereocenters. The number of carbonyl (C=O) groups is 1. The van der Waals surface area contributed by atoms with E-state index in [2.05, 4.69) is 15.3 Å². The van der Waals surface area contributed by atoms with Crippen molar-refractivity contribution in [2.24, 2.45) is 0 Å². The number of hydrogen-bond donors (Lipinski definition) is 2. The Bertz CT molecular complexity index is 587. The minimum atomic E-state index is -1.07. The molecule has 6 heteroatoms. The molecule has 0 aliphatic heterocycles. The summed E-state index contributed by atoms with van der Waals surface area (Å²) >= 11 is 0. The number of benzene rings is 1. The molecular weight excluding hydrogens is 258 g/mol. The van der Waals surface area contributed by atoms with Crippen molar-refractivity contribution in [3.05, 3.63) is 47.8 Å². The number of ether oxygens (including phenoxy) is 1. The molecule has 0 spiro atoms. The molecule has 0 aliphatic rings. The average molecular weight is 273 g/mol. The Morgan fingerprint density at radius 1 is 1.30 bits per heavy atom. The SMILES string of the molecule is Cc1cc(C(=O)O)nc(NCCOc2ccccc2)n1. The highest BCUT2D eigenvalue weighted by molar-refractivity contribution is 5.85. The molecule has 0 bridgehead atoms. The number of para-hydroxylation sites is 1. The molecule has 2 aromatic rings. The quantitative estimate of drug-likeness (QED) is 0.783. The molecule has 0 fully saturated rings. The zero-order valence-corrected chi connectivity index (χ0v) is 11.0. The molecule has 1 aromatic carbocycles. The summed E-state index contributed by atoms with van der Waals surface area (Å²) in [4.78, 5) is 18.9. The lowest BCUT2D eigenvalue weighted by molar-refractivity contribution is 0.0690. The van der Waals surface area contributed by atoms with E-state index in [0.29, 0.717) is 24.8 Å². The second-order valence-corrected chi connectivity index (χ2v) is 4.11. The van der Waals surface area contributed by atoms with Gasteiger partial charge in [0.05, 0.1) is 6.54 Å². The molecule has 6 nitrogen and oxygen atoms in total. The van der Waals surface area contributed by atoms with E-state index in [1.54, 1.807) is 6.92 Å². The number of nitrogens with one attached hydrogen (secondary N) is 1. The van der Waals surface area contributed by atoms with Crippen molar-refractivity contribution in [1.29, 1.82) is 0 Å². The number of rotatable bonds is 6. The van der Waals surface area contributed by atoms with Gasteiger partial charge in [0.25, 0.3) is 0 Å². The van der Waals surface area contributed by atoms with Crippen molar-refractivity contribution in [3.8, 4) is 5.75 Å². The van der Waals surface area contributed by atoms with E-state index in [1.165, 1.54) is 6.07 Å². The van der Waals surface area contributed by atoms with Gasteiger partial charge in [-0.15, -0.1) is 0 Å². The minimum Gasteiger partial charge on any atom is -0.492 e. The number of nitrogens with zero attached hydrogens (tertiary/aromatic N) is 2.